The maximum Gasteiger partial charge on any atom is 0.397 e. The smallest absolute Gasteiger partial charge is 0.264 e. The van der Waals surface area contributed by atoms with Crippen LogP contribution in [0.5, 0.6) is 0 Å². The predicted molar refractivity (Wildman–Crippen MR) is 125 cm³/mol. The van der Waals surface area contributed by atoms with Gasteiger partial charge in [0.05, 0.1) is 6.61 Å². The van der Waals surface area contributed by atoms with Crippen molar-refractivity contribution in [1.29, 1.82) is 0 Å². The number of unbranched alkanes of at least 4 members (excludes halogenated alkanes) is 15. The van der Waals surface area contributed by atoms with E-state index in [9.17, 15) is 8.42 Å². The van der Waals surface area contributed by atoms with E-state index in [4.69, 9.17) is 4.55 Å². The quantitative estimate of drug-likeness (QED) is 0.107. The van der Waals surface area contributed by atoms with Gasteiger partial charge >= 0.3 is 10.4 Å². The maximum atomic E-state index is 10.8. The van der Waals surface area contributed by atoms with Crippen molar-refractivity contribution in [1.82, 2.24) is 0 Å². The van der Waals surface area contributed by atoms with E-state index in [2.05, 4.69) is 30.2 Å². The van der Waals surface area contributed by atoms with Gasteiger partial charge in [-0.25, -0.2) is 4.18 Å². The minimum Gasteiger partial charge on any atom is -0.264 e. The fourth-order valence-electron chi connectivity index (χ4n) is 3.63. The van der Waals surface area contributed by atoms with E-state index < -0.39 is 10.4 Å². The molecule has 5 heteroatoms. The lowest BCUT2D eigenvalue weighted by molar-refractivity contribution is 0.234. The van der Waals surface area contributed by atoms with Crippen LogP contribution in [0.25, 0.3) is 0 Å². The number of rotatable bonds is 22. The van der Waals surface area contributed by atoms with Crippen LogP contribution in [0.15, 0.2) is 12.2 Å². The third kappa shape index (κ3) is 23.8. The summed E-state index contributed by atoms with van der Waals surface area (Å²) in [5, 5.41) is 0. The molecule has 0 saturated heterocycles. The lowest BCUT2D eigenvalue weighted by Crippen LogP contribution is -2.12. The highest BCUT2D eigenvalue weighted by Gasteiger charge is 2.11. The van der Waals surface area contributed by atoms with Crippen LogP contribution in [0.2, 0.25) is 0 Å². The monoisotopic (exact) mass is 432 g/mol. The van der Waals surface area contributed by atoms with Gasteiger partial charge in [-0.2, -0.15) is 8.42 Å². The van der Waals surface area contributed by atoms with Crippen LogP contribution in [0.3, 0.4) is 0 Å². The summed E-state index contributed by atoms with van der Waals surface area (Å²) >= 11 is 0. The molecule has 0 bridgehead atoms. The van der Waals surface area contributed by atoms with Crippen LogP contribution in [0, 0.1) is 5.92 Å². The van der Waals surface area contributed by atoms with Crippen molar-refractivity contribution < 1.29 is 17.2 Å². The summed E-state index contributed by atoms with van der Waals surface area (Å²) in [5.74, 6) is 0.0614. The summed E-state index contributed by atoms with van der Waals surface area (Å²) in [6.45, 7) is 4.49. The van der Waals surface area contributed by atoms with Gasteiger partial charge in [-0.05, 0) is 19.3 Å². The molecule has 0 aliphatic carbocycles. The maximum absolute atomic E-state index is 10.8. The Bertz CT molecular complexity index is 460. The van der Waals surface area contributed by atoms with Gasteiger partial charge in [-0.3, -0.25) is 4.55 Å². The molecule has 0 fully saturated rings. The van der Waals surface area contributed by atoms with Crippen molar-refractivity contribution in [3.63, 3.8) is 0 Å². The molecular weight excluding hydrogens is 384 g/mol. The first-order valence-corrected chi connectivity index (χ1v) is 13.6. The second kappa shape index (κ2) is 20.9. The summed E-state index contributed by atoms with van der Waals surface area (Å²) in [7, 11) is -4.35. The summed E-state index contributed by atoms with van der Waals surface area (Å²) in [5.41, 5.74) is 0. The van der Waals surface area contributed by atoms with Gasteiger partial charge in [0.2, 0.25) is 0 Å². The highest BCUT2D eigenvalue weighted by molar-refractivity contribution is 7.80. The van der Waals surface area contributed by atoms with E-state index >= 15 is 0 Å². The molecular formula is C24H48O4S. The molecule has 0 aliphatic rings. The Morgan fingerprint density at radius 1 is 0.724 bits per heavy atom. The van der Waals surface area contributed by atoms with Crippen molar-refractivity contribution in [2.24, 2.45) is 5.92 Å². The van der Waals surface area contributed by atoms with Crippen molar-refractivity contribution in [2.75, 3.05) is 6.61 Å². The largest absolute Gasteiger partial charge is 0.397 e. The molecule has 0 heterocycles. The van der Waals surface area contributed by atoms with Crippen LogP contribution in [0.4, 0.5) is 0 Å². The number of allylic oxidation sites excluding steroid dienone is 1. The third-order valence-electron chi connectivity index (χ3n) is 5.49. The molecule has 0 rings (SSSR count). The van der Waals surface area contributed by atoms with Gasteiger partial charge < -0.3 is 0 Å². The number of hydrogen-bond acceptors (Lipinski definition) is 3. The zero-order chi connectivity index (χ0) is 21.6. The van der Waals surface area contributed by atoms with Crippen LogP contribution >= 0.6 is 0 Å². The Morgan fingerprint density at radius 2 is 1.17 bits per heavy atom. The van der Waals surface area contributed by atoms with Crippen LogP contribution < -0.4 is 0 Å². The van der Waals surface area contributed by atoms with Crippen molar-refractivity contribution in [3.8, 4) is 0 Å². The molecule has 0 saturated carbocycles. The molecule has 174 valence electrons. The zero-order valence-corrected chi connectivity index (χ0v) is 20.1. The summed E-state index contributed by atoms with van der Waals surface area (Å²) in [6, 6.07) is 0. The van der Waals surface area contributed by atoms with Crippen molar-refractivity contribution in [2.45, 2.75) is 129 Å². The third-order valence-corrected chi connectivity index (χ3v) is 5.93. The highest BCUT2D eigenvalue weighted by Crippen LogP contribution is 2.17. The van der Waals surface area contributed by atoms with Gasteiger partial charge in [0.1, 0.15) is 0 Å². The van der Waals surface area contributed by atoms with E-state index in [1.165, 1.54) is 89.9 Å². The first kappa shape index (κ1) is 28.6. The Hall–Kier alpha value is -0.390. The molecule has 0 aromatic carbocycles. The van der Waals surface area contributed by atoms with Crippen molar-refractivity contribution >= 4 is 10.4 Å². The average molecular weight is 433 g/mol. The fourth-order valence-corrected chi connectivity index (χ4v) is 3.98. The molecule has 29 heavy (non-hydrogen) atoms. The fraction of sp³-hybridized carbons (Fsp3) is 0.917. The Kier molecular flexibility index (Phi) is 20.6. The Labute approximate surface area is 181 Å². The topological polar surface area (TPSA) is 63.6 Å². The minimum absolute atomic E-state index is 0.0430. The van der Waals surface area contributed by atoms with E-state index in [1.807, 2.05) is 0 Å². The molecule has 0 spiro atoms. The molecule has 0 aromatic rings. The normalized spacial score (nSPS) is 13.3. The lowest BCUT2D eigenvalue weighted by atomic mass is 9.99. The molecule has 0 aromatic heterocycles. The van der Waals surface area contributed by atoms with E-state index in [-0.39, 0.29) is 12.5 Å². The Morgan fingerprint density at radius 3 is 1.66 bits per heavy atom. The predicted octanol–water partition coefficient (Wildman–Crippen LogP) is 8.04. The standard InChI is InChI=1S/C24H48O4S/c1-3-5-7-9-10-11-12-13-14-15-16-18-20-22-24(23-28-29(25,26)27)21-19-17-8-6-4-2/h19,21,24H,3-18,20,22-23H2,1-2H3,(H,25,26,27)/b21-19+. The van der Waals surface area contributed by atoms with Gasteiger partial charge in [0, 0.05) is 5.92 Å². The first-order valence-electron chi connectivity index (χ1n) is 12.3. The van der Waals surface area contributed by atoms with E-state index in [0.717, 1.165) is 25.7 Å². The Balaban J connectivity index is 3.75. The molecule has 1 unspecified atom stereocenters. The van der Waals surface area contributed by atoms with Crippen molar-refractivity contribution in [3.05, 3.63) is 12.2 Å². The SMILES string of the molecule is CCCCC/C=C/C(CCCCCCCCCCCCCCC)COS(=O)(=O)O. The van der Waals surface area contributed by atoms with Gasteiger partial charge in [-0.15, -0.1) is 0 Å². The first-order chi connectivity index (χ1) is 14.0. The second-order valence-electron chi connectivity index (χ2n) is 8.43. The van der Waals surface area contributed by atoms with Gasteiger partial charge in [0.15, 0.2) is 0 Å². The van der Waals surface area contributed by atoms with Gasteiger partial charge in [-0.1, -0.05) is 122 Å². The van der Waals surface area contributed by atoms with E-state index in [0.29, 0.717) is 0 Å². The highest BCUT2D eigenvalue weighted by atomic mass is 32.3. The summed E-state index contributed by atoms with van der Waals surface area (Å²) < 4.78 is 35.1. The van der Waals surface area contributed by atoms with Crippen LogP contribution in [-0.4, -0.2) is 19.6 Å². The molecule has 0 amide bonds. The molecule has 0 aliphatic heterocycles. The molecule has 0 radical (unpaired) electrons. The summed E-state index contributed by atoms with van der Waals surface area (Å²) in [4.78, 5) is 0. The average Bonchev–Trinajstić information content (AvgIpc) is 2.68. The van der Waals surface area contributed by atoms with Gasteiger partial charge in [0.25, 0.3) is 0 Å². The lowest BCUT2D eigenvalue weighted by Gasteiger charge is -2.12. The molecule has 1 atom stereocenters. The molecule has 1 N–H and O–H groups in total. The zero-order valence-electron chi connectivity index (χ0n) is 19.2. The summed E-state index contributed by atoms with van der Waals surface area (Å²) in [6.07, 6.45) is 26.9. The van der Waals surface area contributed by atoms with Crippen LogP contribution in [0.1, 0.15) is 129 Å². The van der Waals surface area contributed by atoms with E-state index in [1.54, 1.807) is 0 Å². The number of hydrogen-bond donors (Lipinski definition) is 1. The molecule has 4 nitrogen and oxygen atoms in total. The second-order valence-corrected chi connectivity index (χ2v) is 9.52. The van der Waals surface area contributed by atoms with Crippen LogP contribution in [-0.2, 0) is 14.6 Å². The minimum atomic E-state index is -4.35.